The van der Waals surface area contributed by atoms with Crippen LogP contribution in [0.5, 0.6) is 0 Å². The van der Waals surface area contributed by atoms with Crippen LogP contribution in [0, 0.1) is 9.39 Å². The maximum absolute atomic E-state index is 13.1. The molecule has 0 saturated heterocycles. The van der Waals surface area contributed by atoms with Gasteiger partial charge in [0.2, 0.25) is 5.96 Å². The third-order valence-electron chi connectivity index (χ3n) is 1.39. The molecule has 0 heterocycles. The van der Waals surface area contributed by atoms with Crippen molar-refractivity contribution in [2.45, 2.75) is 0 Å². The van der Waals surface area contributed by atoms with Gasteiger partial charge < -0.3 is 17.2 Å². The summed E-state index contributed by atoms with van der Waals surface area (Å²) in [6.45, 7) is 0. The van der Waals surface area contributed by atoms with Crippen molar-refractivity contribution in [1.29, 1.82) is 0 Å². The van der Waals surface area contributed by atoms with Gasteiger partial charge in [-0.15, -0.1) is 12.4 Å². The third-order valence-corrected chi connectivity index (χ3v) is 2.27. The first-order chi connectivity index (χ1) is 6.99. The molecular weight excluding hydrogens is 347 g/mol. The molecule has 1 aromatic carbocycles. The number of guanidine groups is 2. The Kier molecular flexibility index (Phi) is 6.04. The number of halogens is 3. The standard InChI is InChI=1S/C8H9FIN5.ClH/c9-5-3-4(1-2-6(5)10)14-8(13)15-7(11)12;/h1-3H,(H6,11,12,13,14,15);1H. The number of aliphatic imine (C=N–C) groups is 2. The second-order valence-electron chi connectivity index (χ2n) is 2.61. The van der Waals surface area contributed by atoms with Crippen LogP contribution in [-0.2, 0) is 0 Å². The number of nitrogens with two attached hydrogens (primary N) is 3. The molecule has 0 atom stereocenters. The van der Waals surface area contributed by atoms with Crippen molar-refractivity contribution in [2.75, 3.05) is 0 Å². The number of hydrogen-bond donors (Lipinski definition) is 3. The highest BCUT2D eigenvalue weighted by molar-refractivity contribution is 14.1. The van der Waals surface area contributed by atoms with Gasteiger partial charge >= 0.3 is 0 Å². The second-order valence-corrected chi connectivity index (χ2v) is 3.77. The molecule has 0 saturated carbocycles. The molecule has 0 spiro atoms. The first-order valence-corrected chi connectivity index (χ1v) is 4.96. The predicted octanol–water partition coefficient (Wildman–Crippen LogP) is 1.07. The first kappa shape index (κ1) is 14.9. The monoisotopic (exact) mass is 357 g/mol. The van der Waals surface area contributed by atoms with Gasteiger partial charge in [-0.25, -0.2) is 9.38 Å². The fraction of sp³-hybridized carbons (Fsp3) is 0. The lowest BCUT2D eigenvalue weighted by Gasteiger charge is -1.97. The molecule has 0 unspecified atom stereocenters. The number of hydrogen-bond acceptors (Lipinski definition) is 1. The minimum Gasteiger partial charge on any atom is -0.370 e. The van der Waals surface area contributed by atoms with Crippen LogP contribution < -0.4 is 17.2 Å². The van der Waals surface area contributed by atoms with Gasteiger partial charge in [0, 0.05) is 9.64 Å². The SMILES string of the molecule is Cl.NC(N)=NC(N)=Nc1ccc(I)c(F)c1. The molecule has 1 aromatic rings. The van der Waals surface area contributed by atoms with Gasteiger partial charge in [-0.2, -0.15) is 4.99 Å². The maximum Gasteiger partial charge on any atom is 0.223 e. The fourth-order valence-corrected chi connectivity index (χ4v) is 1.18. The van der Waals surface area contributed by atoms with Gasteiger partial charge in [0.05, 0.1) is 5.69 Å². The van der Waals surface area contributed by atoms with E-state index in [1.807, 2.05) is 22.6 Å². The Labute approximate surface area is 112 Å². The van der Waals surface area contributed by atoms with Crippen LogP contribution in [0.2, 0.25) is 0 Å². The average molecular weight is 358 g/mol. The smallest absolute Gasteiger partial charge is 0.223 e. The molecule has 6 N–H and O–H groups in total. The van der Waals surface area contributed by atoms with E-state index in [1.165, 1.54) is 6.07 Å². The van der Waals surface area contributed by atoms with Crippen LogP contribution in [0.1, 0.15) is 0 Å². The molecular formula is C8H10ClFIN5. The zero-order chi connectivity index (χ0) is 11.4. The highest BCUT2D eigenvalue weighted by Gasteiger charge is 1.99. The maximum atomic E-state index is 13.1. The van der Waals surface area contributed by atoms with E-state index in [1.54, 1.807) is 12.1 Å². The molecule has 0 aliphatic carbocycles. The van der Waals surface area contributed by atoms with Crippen LogP contribution >= 0.6 is 35.0 Å². The molecule has 5 nitrogen and oxygen atoms in total. The van der Waals surface area contributed by atoms with Crippen LogP contribution in [0.25, 0.3) is 0 Å². The summed E-state index contributed by atoms with van der Waals surface area (Å²) in [6.07, 6.45) is 0. The van der Waals surface area contributed by atoms with E-state index in [0.29, 0.717) is 9.26 Å². The van der Waals surface area contributed by atoms with Crippen molar-refractivity contribution in [1.82, 2.24) is 0 Å². The van der Waals surface area contributed by atoms with Crippen molar-refractivity contribution < 1.29 is 4.39 Å². The van der Waals surface area contributed by atoms with E-state index in [2.05, 4.69) is 9.98 Å². The summed E-state index contributed by atoms with van der Waals surface area (Å²) in [4.78, 5) is 7.31. The molecule has 8 heteroatoms. The molecule has 0 radical (unpaired) electrons. The zero-order valence-corrected chi connectivity index (χ0v) is 11.0. The summed E-state index contributed by atoms with van der Waals surface area (Å²) < 4.78 is 13.6. The van der Waals surface area contributed by atoms with Crippen LogP contribution in [0.3, 0.4) is 0 Å². The average Bonchev–Trinajstić information content (AvgIpc) is 2.10. The fourth-order valence-electron chi connectivity index (χ4n) is 0.844. The van der Waals surface area contributed by atoms with Crippen molar-refractivity contribution in [3.63, 3.8) is 0 Å². The quantitative estimate of drug-likeness (QED) is 0.398. The molecule has 0 bridgehead atoms. The van der Waals surface area contributed by atoms with Gasteiger partial charge in [-0.1, -0.05) is 0 Å². The summed E-state index contributed by atoms with van der Waals surface area (Å²) in [6, 6.07) is 4.44. The minimum absolute atomic E-state index is 0. The van der Waals surface area contributed by atoms with Gasteiger partial charge in [-0.3, -0.25) is 0 Å². The van der Waals surface area contributed by atoms with Crippen molar-refractivity contribution in [2.24, 2.45) is 27.2 Å². The molecule has 88 valence electrons. The van der Waals surface area contributed by atoms with E-state index in [-0.39, 0.29) is 30.1 Å². The molecule has 0 fully saturated rings. The van der Waals surface area contributed by atoms with E-state index in [9.17, 15) is 4.39 Å². The number of rotatable bonds is 1. The lowest BCUT2D eigenvalue weighted by Crippen LogP contribution is -2.26. The number of nitrogens with zero attached hydrogens (tertiary/aromatic N) is 2. The topological polar surface area (TPSA) is 103 Å². The summed E-state index contributed by atoms with van der Waals surface area (Å²) in [5.74, 6) is -0.674. The summed E-state index contributed by atoms with van der Waals surface area (Å²) in [5.41, 5.74) is 15.9. The Balaban J connectivity index is 0.00000225. The second kappa shape index (κ2) is 6.48. The van der Waals surface area contributed by atoms with Gasteiger partial charge in [-0.05, 0) is 34.7 Å². The van der Waals surface area contributed by atoms with Crippen LogP contribution in [-0.4, -0.2) is 11.9 Å². The molecule has 0 amide bonds. The van der Waals surface area contributed by atoms with E-state index in [4.69, 9.17) is 17.2 Å². The minimum atomic E-state index is -0.366. The normalized spacial score (nSPS) is 10.5. The van der Waals surface area contributed by atoms with Crippen molar-refractivity contribution in [3.8, 4) is 0 Å². The largest absolute Gasteiger partial charge is 0.370 e. The van der Waals surface area contributed by atoms with Crippen molar-refractivity contribution in [3.05, 3.63) is 27.6 Å². The van der Waals surface area contributed by atoms with Gasteiger partial charge in [0.15, 0.2) is 5.96 Å². The Hall–Kier alpha value is -1.09. The van der Waals surface area contributed by atoms with Gasteiger partial charge in [0.25, 0.3) is 0 Å². The lowest BCUT2D eigenvalue weighted by molar-refractivity contribution is 0.621. The molecule has 1 rings (SSSR count). The van der Waals surface area contributed by atoms with Crippen LogP contribution in [0.15, 0.2) is 28.2 Å². The van der Waals surface area contributed by atoms with Crippen LogP contribution in [0.4, 0.5) is 10.1 Å². The molecule has 0 aromatic heterocycles. The molecule has 0 aliphatic rings. The summed E-state index contributed by atoms with van der Waals surface area (Å²) in [5, 5.41) is 0. The van der Waals surface area contributed by atoms with E-state index >= 15 is 0 Å². The predicted molar refractivity (Wildman–Crippen MR) is 73.5 cm³/mol. The Morgan fingerprint density at radius 2 is 1.88 bits per heavy atom. The molecule has 16 heavy (non-hydrogen) atoms. The summed E-state index contributed by atoms with van der Waals surface area (Å²) in [7, 11) is 0. The number of benzene rings is 1. The van der Waals surface area contributed by atoms with E-state index < -0.39 is 0 Å². The highest BCUT2D eigenvalue weighted by atomic mass is 127. The zero-order valence-electron chi connectivity index (χ0n) is 8.02. The summed E-state index contributed by atoms with van der Waals surface area (Å²) >= 11 is 1.87. The first-order valence-electron chi connectivity index (χ1n) is 3.88. The lowest BCUT2D eigenvalue weighted by atomic mass is 10.3. The Morgan fingerprint density at radius 1 is 1.25 bits per heavy atom. The highest BCUT2D eigenvalue weighted by Crippen LogP contribution is 2.18. The molecule has 0 aliphatic heterocycles. The van der Waals surface area contributed by atoms with E-state index in [0.717, 1.165) is 0 Å². The Morgan fingerprint density at radius 3 is 2.38 bits per heavy atom. The van der Waals surface area contributed by atoms with Crippen molar-refractivity contribution >= 4 is 52.6 Å². The Bertz CT molecular complexity index is 430. The van der Waals surface area contributed by atoms with Gasteiger partial charge in [0.1, 0.15) is 5.82 Å². The third kappa shape index (κ3) is 4.62.